The zero-order valence-electron chi connectivity index (χ0n) is 16.0. The third-order valence-electron chi connectivity index (χ3n) is 5.51. The van der Waals surface area contributed by atoms with Crippen LogP contribution in [0, 0.1) is 6.92 Å². The molecular formula is C21H20N6O2. The summed E-state index contributed by atoms with van der Waals surface area (Å²) in [6, 6.07) is 10.8. The van der Waals surface area contributed by atoms with Crippen molar-refractivity contribution < 1.29 is 4.79 Å². The van der Waals surface area contributed by atoms with Crippen LogP contribution in [0.1, 0.15) is 47.2 Å². The quantitative estimate of drug-likeness (QED) is 0.569. The normalized spacial score (nSPS) is 17.1. The average molecular weight is 388 g/mol. The van der Waals surface area contributed by atoms with Crippen molar-refractivity contribution in [3.05, 3.63) is 70.0 Å². The molecular weight excluding hydrogens is 368 g/mol. The molecule has 4 heterocycles. The van der Waals surface area contributed by atoms with Crippen molar-refractivity contribution in [3.8, 4) is 0 Å². The highest BCUT2D eigenvalue weighted by Gasteiger charge is 2.32. The Kier molecular flexibility index (Phi) is 4.12. The lowest BCUT2D eigenvalue weighted by molar-refractivity contribution is 0.0598. The molecule has 0 radical (unpaired) electrons. The minimum atomic E-state index is -0.296. The van der Waals surface area contributed by atoms with E-state index in [0.29, 0.717) is 17.3 Å². The molecule has 1 amide bonds. The second-order valence-electron chi connectivity index (χ2n) is 7.38. The molecule has 1 aromatic carbocycles. The van der Waals surface area contributed by atoms with E-state index >= 15 is 0 Å². The summed E-state index contributed by atoms with van der Waals surface area (Å²) in [5.41, 5.74) is 2.56. The number of hydrogen-bond acceptors (Lipinski definition) is 5. The van der Waals surface area contributed by atoms with Gasteiger partial charge in [0, 0.05) is 24.2 Å². The molecule has 1 aliphatic rings. The Bertz CT molecular complexity index is 1290. The maximum absolute atomic E-state index is 13.5. The molecule has 1 fully saturated rings. The van der Waals surface area contributed by atoms with E-state index in [1.165, 1.54) is 0 Å². The zero-order chi connectivity index (χ0) is 20.0. The lowest BCUT2D eigenvalue weighted by Crippen LogP contribution is -2.40. The van der Waals surface area contributed by atoms with Gasteiger partial charge >= 0.3 is 0 Å². The minimum Gasteiger partial charge on any atom is -0.329 e. The van der Waals surface area contributed by atoms with E-state index in [9.17, 15) is 9.59 Å². The van der Waals surface area contributed by atoms with Gasteiger partial charge in [-0.3, -0.25) is 9.59 Å². The highest BCUT2D eigenvalue weighted by molar-refractivity contribution is 6.04. The van der Waals surface area contributed by atoms with E-state index < -0.39 is 0 Å². The first-order valence-electron chi connectivity index (χ1n) is 9.73. The number of carbonyl (C=O) groups excluding carboxylic acids is 1. The number of aromatic nitrogens is 5. The first-order valence-corrected chi connectivity index (χ1v) is 9.73. The standard InChI is InChI=1S/C21H20N6O2/c1-13-12-18-22-10-9-17(27(18)25-13)16-8-4-5-11-26(16)21(29)19-14-6-2-3-7-15(14)20(28)24-23-19/h2-3,6-7,9-10,12,16H,4-5,8,11H2,1H3,(H,24,28). The molecule has 1 N–H and O–H groups in total. The molecule has 8 nitrogen and oxygen atoms in total. The molecule has 1 saturated heterocycles. The Morgan fingerprint density at radius 3 is 2.86 bits per heavy atom. The molecule has 0 saturated carbocycles. The fraction of sp³-hybridized carbons (Fsp3) is 0.286. The van der Waals surface area contributed by atoms with Crippen molar-refractivity contribution in [3.63, 3.8) is 0 Å². The first-order chi connectivity index (χ1) is 14.1. The number of H-pyrrole nitrogens is 1. The lowest BCUT2D eigenvalue weighted by Gasteiger charge is -2.35. The predicted molar refractivity (Wildman–Crippen MR) is 108 cm³/mol. The summed E-state index contributed by atoms with van der Waals surface area (Å²) < 4.78 is 1.82. The molecule has 0 bridgehead atoms. The number of amides is 1. The van der Waals surface area contributed by atoms with Gasteiger partial charge in [-0.05, 0) is 38.3 Å². The molecule has 0 aliphatic carbocycles. The van der Waals surface area contributed by atoms with Gasteiger partial charge in [-0.2, -0.15) is 10.2 Å². The number of likely N-dealkylation sites (tertiary alicyclic amines) is 1. The topological polar surface area (TPSA) is 96.2 Å². The van der Waals surface area contributed by atoms with Gasteiger partial charge in [-0.15, -0.1) is 0 Å². The molecule has 8 heteroatoms. The third-order valence-corrected chi connectivity index (χ3v) is 5.51. The number of aryl methyl sites for hydroxylation is 1. The minimum absolute atomic E-state index is 0.131. The highest BCUT2D eigenvalue weighted by atomic mass is 16.2. The molecule has 5 rings (SSSR count). The second kappa shape index (κ2) is 6.80. The molecule has 29 heavy (non-hydrogen) atoms. The summed E-state index contributed by atoms with van der Waals surface area (Å²) in [6.07, 6.45) is 4.55. The van der Waals surface area contributed by atoms with Crippen molar-refractivity contribution >= 4 is 22.3 Å². The van der Waals surface area contributed by atoms with Gasteiger partial charge in [0.05, 0.1) is 22.8 Å². The van der Waals surface area contributed by atoms with Crippen molar-refractivity contribution in [2.75, 3.05) is 6.54 Å². The van der Waals surface area contributed by atoms with E-state index in [0.717, 1.165) is 36.3 Å². The van der Waals surface area contributed by atoms with Crippen LogP contribution in [0.2, 0.25) is 0 Å². The largest absolute Gasteiger partial charge is 0.329 e. The van der Waals surface area contributed by atoms with Crippen molar-refractivity contribution in [1.82, 2.24) is 29.7 Å². The van der Waals surface area contributed by atoms with E-state index in [1.807, 2.05) is 34.5 Å². The Morgan fingerprint density at radius 2 is 2.00 bits per heavy atom. The molecule has 4 aromatic rings. The summed E-state index contributed by atoms with van der Waals surface area (Å²) in [6.45, 7) is 2.56. The molecule has 3 aromatic heterocycles. The maximum Gasteiger partial charge on any atom is 0.275 e. The van der Waals surface area contributed by atoms with Gasteiger partial charge in [0.2, 0.25) is 0 Å². The van der Waals surface area contributed by atoms with Crippen LogP contribution < -0.4 is 5.56 Å². The van der Waals surface area contributed by atoms with Crippen LogP contribution in [-0.2, 0) is 0 Å². The third kappa shape index (κ3) is 2.88. The van der Waals surface area contributed by atoms with Crippen molar-refractivity contribution in [2.45, 2.75) is 32.2 Å². The predicted octanol–water partition coefficient (Wildman–Crippen LogP) is 2.64. The van der Waals surface area contributed by atoms with Crippen LogP contribution >= 0.6 is 0 Å². The van der Waals surface area contributed by atoms with E-state index in [1.54, 1.807) is 24.4 Å². The molecule has 1 aliphatic heterocycles. The number of carbonyl (C=O) groups is 1. The SMILES string of the molecule is Cc1cc2nccc(C3CCCCN3C(=O)c3n[nH]c(=O)c4ccccc34)n2n1. The van der Waals surface area contributed by atoms with Crippen molar-refractivity contribution in [2.24, 2.45) is 0 Å². The van der Waals surface area contributed by atoms with Crippen LogP contribution in [-0.4, -0.2) is 42.1 Å². The molecule has 146 valence electrons. The fourth-order valence-corrected chi connectivity index (χ4v) is 4.18. The summed E-state index contributed by atoms with van der Waals surface area (Å²) in [4.78, 5) is 31.9. The Hall–Kier alpha value is -3.55. The Labute approximate surface area is 166 Å². The van der Waals surface area contributed by atoms with E-state index in [-0.39, 0.29) is 23.2 Å². The van der Waals surface area contributed by atoms with Gasteiger partial charge in [0.25, 0.3) is 11.5 Å². The lowest BCUT2D eigenvalue weighted by atomic mass is 9.98. The van der Waals surface area contributed by atoms with Crippen LogP contribution in [0.15, 0.2) is 47.4 Å². The van der Waals surface area contributed by atoms with Gasteiger partial charge < -0.3 is 4.90 Å². The number of piperidine rings is 1. The fourth-order valence-electron chi connectivity index (χ4n) is 4.18. The zero-order valence-corrected chi connectivity index (χ0v) is 16.0. The summed E-state index contributed by atoms with van der Waals surface area (Å²) in [7, 11) is 0. The number of rotatable bonds is 2. The van der Waals surface area contributed by atoms with E-state index in [2.05, 4.69) is 20.3 Å². The van der Waals surface area contributed by atoms with Gasteiger partial charge in [-0.1, -0.05) is 18.2 Å². The van der Waals surface area contributed by atoms with Crippen LogP contribution in [0.25, 0.3) is 16.4 Å². The van der Waals surface area contributed by atoms with Gasteiger partial charge in [0.15, 0.2) is 11.3 Å². The smallest absolute Gasteiger partial charge is 0.275 e. The summed E-state index contributed by atoms with van der Waals surface area (Å²) >= 11 is 0. The summed E-state index contributed by atoms with van der Waals surface area (Å²) in [5, 5.41) is 12.2. The number of fused-ring (bicyclic) bond motifs is 2. The highest BCUT2D eigenvalue weighted by Crippen LogP contribution is 2.32. The van der Waals surface area contributed by atoms with Crippen LogP contribution in [0.3, 0.4) is 0 Å². The van der Waals surface area contributed by atoms with Gasteiger partial charge in [-0.25, -0.2) is 14.6 Å². The van der Waals surface area contributed by atoms with Crippen molar-refractivity contribution in [1.29, 1.82) is 0 Å². The number of benzene rings is 1. The molecule has 1 unspecified atom stereocenters. The monoisotopic (exact) mass is 388 g/mol. The summed E-state index contributed by atoms with van der Waals surface area (Å²) in [5.74, 6) is -0.184. The maximum atomic E-state index is 13.5. The Morgan fingerprint density at radius 1 is 1.17 bits per heavy atom. The number of aromatic amines is 1. The Balaban J connectivity index is 1.62. The average Bonchev–Trinajstić information content (AvgIpc) is 3.14. The molecule has 1 atom stereocenters. The second-order valence-corrected chi connectivity index (χ2v) is 7.38. The number of hydrogen-bond donors (Lipinski definition) is 1. The number of nitrogens with zero attached hydrogens (tertiary/aromatic N) is 5. The van der Waals surface area contributed by atoms with Crippen LogP contribution in [0.4, 0.5) is 0 Å². The van der Waals surface area contributed by atoms with Gasteiger partial charge in [0.1, 0.15) is 0 Å². The molecule has 0 spiro atoms. The van der Waals surface area contributed by atoms with E-state index in [4.69, 9.17) is 0 Å². The first kappa shape index (κ1) is 17.5. The number of nitrogens with one attached hydrogen (secondary N) is 1. The van der Waals surface area contributed by atoms with Crippen LogP contribution in [0.5, 0.6) is 0 Å².